The van der Waals surface area contributed by atoms with Crippen LogP contribution in [-0.4, -0.2) is 72.3 Å². The normalized spacial score (nSPS) is 17.0. The molecule has 38 heavy (non-hydrogen) atoms. The van der Waals surface area contributed by atoms with E-state index in [0.29, 0.717) is 58.0 Å². The van der Waals surface area contributed by atoms with E-state index >= 15 is 0 Å². The van der Waals surface area contributed by atoms with Crippen molar-refractivity contribution in [2.24, 2.45) is 5.73 Å². The molecule has 0 radical (unpaired) electrons. The number of likely N-dealkylation sites (tertiary alicyclic amines) is 1. The second-order valence-electron chi connectivity index (χ2n) is 10.4. The van der Waals surface area contributed by atoms with Gasteiger partial charge in [-0.05, 0) is 78.3 Å². The van der Waals surface area contributed by atoms with Crippen molar-refractivity contribution in [3.05, 3.63) is 35.9 Å². The second kappa shape index (κ2) is 15.4. The molecule has 0 bridgehead atoms. The Morgan fingerprint density at radius 1 is 1.08 bits per heavy atom. The number of carbonyl (C=O) groups excluding carboxylic acids is 4. The number of hydrogen-bond donors (Lipinski definition) is 2. The molecule has 3 N–H and O–H groups in total. The van der Waals surface area contributed by atoms with Gasteiger partial charge in [0.2, 0.25) is 5.91 Å². The fourth-order valence-corrected chi connectivity index (χ4v) is 4.38. The summed E-state index contributed by atoms with van der Waals surface area (Å²) >= 11 is 0. The summed E-state index contributed by atoms with van der Waals surface area (Å²) in [5, 5.41) is 3.23. The molecule has 10 heteroatoms. The maximum atomic E-state index is 13.7. The summed E-state index contributed by atoms with van der Waals surface area (Å²) in [6, 6.07) is 7.42. The minimum atomic E-state index is -1.09. The molecule has 10 nitrogen and oxygen atoms in total. The average Bonchev–Trinajstić information content (AvgIpc) is 3.35. The molecule has 1 unspecified atom stereocenters. The highest BCUT2D eigenvalue weighted by Crippen LogP contribution is 2.22. The molecule has 1 amide bonds. The first-order valence-electron chi connectivity index (χ1n) is 13.5. The summed E-state index contributed by atoms with van der Waals surface area (Å²) in [5.74, 6) is -1.57. The molecule has 0 aromatic heterocycles. The van der Waals surface area contributed by atoms with Gasteiger partial charge in [0.1, 0.15) is 17.7 Å². The van der Waals surface area contributed by atoms with Crippen LogP contribution in [0.4, 0.5) is 4.79 Å². The molecule has 1 fully saturated rings. The highest BCUT2D eigenvalue weighted by atomic mass is 16.7. The van der Waals surface area contributed by atoms with Crippen molar-refractivity contribution >= 4 is 24.0 Å². The molecular weight excluding hydrogens is 490 g/mol. The predicted molar refractivity (Wildman–Crippen MR) is 142 cm³/mol. The highest BCUT2D eigenvalue weighted by molar-refractivity contribution is 5.92. The molecular formula is C28H43N3O7. The van der Waals surface area contributed by atoms with Crippen LogP contribution >= 0.6 is 0 Å². The van der Waals surface area contributed by atoms with E-state index in [2.05, 4.69) is 5.32 Å². The van der Waals surface area contributed by atoms with Crippen LogP contribution in [0, 0.1) is 0 Å². The number of nitrogens with zero attached hydrogens (tertiary/aromatic N) is 1. The van der Waals surface area contributed by atoms with Crippen molar-refractivity contribution in [1.82, 2.24) is 10.2 Å². The van der Waals surface area contributed by atoms with E-state index in [1.54, 1.807) is 27.7 Å². The van der Waals surface area contributed by atoms with Gasteiger partial charge in [-0.25, -0.2) is 9.59 Å². The number of rotatable bonds is 13. The number of benzene rings is 1. The van der Waals surface area contributed by atoms with Crippen molar-refractivity contribution in [1.29, 1.82) is 0 Å². The second-order valence-corrected chi connectivity index (χ2v) is 10.4. The lowest BCUT2D eigenvalue weighted by atomic mass is 10.0. The largest absolute Gasteiger partial charge is 0.516 e. The number of unbranched alkanes of at least 4 members (excludes halogenated alkanes) is 1. The number of carbonyl (C=O) groups is 4. The lowest BCUT2D eigenvalue weighted by Gasteiger charge is -2.30. The number of aryl methyl sites for hydroxylation is 1. The Morgan fingerprint density at radius 2 is 1.79 bits per heavy atom. The molecule has 0 saturated carbocycles. The van der Waals surface area contributed by atoms with Crippen LogP contribution in [0.1, 0.15) is 71.8 Å². The Kier molecular flexibility index (Phi) is 12.7. The van der Waals surface area contributed by atoms with Crippen LogP contribution in [0.25, 0.3) is 0 Å². The molecule has 1 heterocycles. The van der Waals surface area contributed by atoms with Gasteiger partial charge in [0, 0.05) is 6.54 Å². The highest BCUT2D eigenvalue weighted by Gasteiger charge is 2.40. The summed E-state index contributed by atoms with van der Waals surface area (Å²) < 4.78 is 15.3. The molecule has 1 aliphatic rings. The maximum absolute atomic E-state index is 13.7. The molecule has 2 rings (SSSR count). The van der Waals surface area contributed by atoms with E-state index in [1.807, 2.05) is 30.3 Å². The van der Waals surface area contributed by atoms with E-state index in [1.165, 1.54) is 4.90 Å². The zero-order valence-corrected chi connectivity index (χ0v) is 23.1. The molecule has 212 valence electrons. The molecule has 1 saturated heterocycles. The minimum absolute atomic E-state index is 0.221. The van der Waals surface area contributed by atoms with Crippen molar-refractivity contribution in [3.63, 3.8) is 0 Å². The lowest BCUT2D eigenvalue weighted by molar-refractivity contribution is -0.153. The smallest absolute Gasteiger partial charge is 0.465 e. The molecule has 1 aromatic carbocycles. The summed E-state index contributed by atoms with van der Waals surface area (Å²) in [7, 11) is 0. The summed E-state index contributed by atoms with van der Waals surface area (Å²) in [6.45, 7) is 7.78. The summed E-state index contributed by atoms with van der Waals surface area (Å²) in [4.78, 5) is 52.8. The van der Waals surface area contributed by atoms with Gasteiger partial charge in [0.15, 0.2) is 0 Å². The van der Waals surface area contributed by atoms with Crippen LogP contribution < -0.4 is 11.1 Å². The maximum Gasteiger partial charge on any atom is 0.516 e. The zero-order valence-electron chi connectivity index (χ0n) is 23.1. The Balaban J connectivity index is 2.16. The zero-order chi connectivity index (χ0) is 28.1. The van der Waals surface area contributed by atoms with Gasteiger partial charge in [0.05, 0.1) is 12.6 Å². The van der Waals surface area contributed by atoms with Crippen LogP contribution in [0.5, 0.6) is 0 Å². The molecule has 3 atom stereocenters. The third kappa shape index (κ3) is 10.4. The fourth-order valence-electron chi connectivity index (χ4n) is 4.38. The monoisotopic (exact) mass is 533 g/mol. The Hall–Kier alpha value is -2.98. The molecule has 1 aliphatic heterocycles. The van der Waals surface area contributed by atoms with E-state index in [9.17, 15) is 19.2 Å². The van der Waals surface area contributed by atoms with Crippen LogP contribution in [0.3, 0.4) is 0 Å². The molecule has 1 aromatic rings. The van der Waals surface area contributed by atoms with Gasteiger partial charge in [-0.2, -0.15) is 0 Å². The van der Waals surface area contributed by atoms with Gasteiger partial charge in [-0.3, -0.25) is 14.9 Å². The van der Waals surface area contributed by atoms with E-state index in [4.69, 9.17) is 19.9 Å². The number of hydrogen-bond acceptors (Lipinski definition) is 9. The average molecular weight is 534 g/mol. The first-order chi connectivity index (χ1) is 18.1. The Bertz CT molecular complexity index is 917. The Morgan fingerprint density at radius 3 is 2.42 bits per heavy atom. The van der Waals surface area contributed by atoms with Gasteiger partial charge >= 0.3 is 18.1 Å². The predicted octanol–water partition coefficient (Wildman–Crippen LogP) is 3.11. The summed E-state index contributed by atoms with van der Waals surface area (Å²) in [6.07, 6.45) is 2.73. The standard InChI is InChI=1S/C28H43N3O7/c1-5-36-25(33)22(17-16-20-12-7-6-8-13-20)30-21(14-9-10-18-29)24(32)31-19-11-15-23(31)26(34)37-27(35)38-28(2,3)4/h6-8,12-13,21-23,30H,5,9-11,14-19,29H2,1-4H3/t21-,22?,23-/m0/s1. The van der Waals surface area contributed by atoms with Crippen molar-refractivity contribution < 1.29 is 33.4 Å². The minimum Gasteiger partial charge on any atom is -0.465 e. The number of esters is 2. The van der Waals surface area contributed by atoms with Crippen LogP contribution in [0.15, 0.2) is 30.3 Å². The quantitative estimate of drug-likeness (QED) is 0.223. The molecule has 0 spiro atoms. The number of nitrogens with two attached hydrogens (primary N) is 1. The van der Waals surface area contributed by atoms with E-state index in [0.717, 1.165) is 5.56 Å². The van der Waals surface area contributed by atoms with E-state index < -0.39 is 41.8 Å². The molecule has 0 aliphatic carbocycles. The van der Waals surface area contributed by atoms with Crippen molar-refractivity contribution in [2.45, 2.75) is 96.4 Å². The van der Waals surface area contributed by atoms with Crippen molar-refractivity contribution in [3.8, 4) is 0 Å². The van der Waals surface area contributed by atoms with Gasteiger partial charge in [-0.15, -0.1) is 0 Å². The van der Waals surface area contributed by atoms with Crippen LogP contribution in [-0.2, 0) is 35.0 Å². The SMILES string of the molecule is CCOC(=O)C(CCc1ccccc1)N[C@@H](CCCCN)C(=O)N1CCC[C@H]1C(=O)OC(=O)OC(C)(C)C. The number of ether oxygens (including phenoxy) is 3. The first kappa shape index (κ1) is 31.2. The number of nitrogens with one attached hydrogen (secondary N) is 1. The van der Waals surface area contributed by atoms with Crippen LogP contribution in [0.2, 0.25) is 0 Å². The van der Waals surface area contributed by atoms with Crippen molar-refractivity contribution in [2.75, 3.05) is 19.7 Å². The third-order valence-corrected chi connectivity index (χ3v) is 6.16. The summed E-state index contributed by atoms with van der Waals surface area (Å²) in [5.41, 5.74) is 5.92. The number of amides is 1. The lowest BCUT2D eigenvalue weighted by Crippen LogP contribution is -2.54. The Labute approximate surface area is 225 Å². The fraction of sp³-hybridized carbons (Fsp3) is 0.643. The third-order valence-electron chi connectivity index (χ3n) is 6.16. The topological polar surface area (TPSA) is 137 Å². The van der Waals surface area contributed by atoms with Gasteiger partial charge < -0.3 is 24.8 Å². The van der Waals surface area contributed by atoms with Gasteiger partial charge in [0.25, 0.3) is 0 Å². The van der Waals surface area contributed by atoms with Gasteiger partial charge in [-0.1, -0.05) is 36.8 Å². The first-order valence-corrected chi connectivity index (χ1v) is 13.5. The van der Waals surface area contributed by atoms with E-state index in [-0.39, 0.29) is 12.5 Å².